The number of hydrogen-bond acceptors (Lipinski definition) is 2. The normalized spacial score (nSPS) is 12.6. The van der Waals surface area contributed by atoms with Crippen molar-refractivity contribution in [2.24, 2.45) is 7.05 Å². The zero-order valence-corrected chi connectivity index (χ0v) is 15.8. The lowest BCUT2D eigenvalue weighted by Gasteiger charge is -2.20. The Morgan fingerprint density at radius 2 is 2.00 bits per heavy atom. The Morgan fingerprint density at radius 1 is 1.24 bits per heavy atom. The number of halogens is 2. The molecule has 0 spiro atoms. The second-order valence-corrected chi connectivity index (χ2v) is 6.85. The van der Waals surface area contributed by atoms with Crippen molar-refractivity contribution in [3.05, 3.63) is 50.2 Å². The fourth-order valence-corrected chi connectivity index (χ4v) is 3.79. The van der Waals surface area contributed by atoms with Crippen molar-refractivity contribution in [2.45, 2.75) is 32.7 Å². The second-order valence-electron chi connectivity index (χ2n) is 5.08. The highest BCUT2D eigenvalue weighted by Gasteiger charge is 2.17. The average Bonchev–Trinajstić information content (AvgIpc) is 2.79. The molecule has 1 aromatic carbocycles. The van der Waals surface area contributed by atoms with Gasteiger partial charge in [0.15, 0.2) is 0 Å². The number of aromatic nitrogens is 2. The molecular weight excluding hydrogens is 394 g/mol. The lowest BCUT2D eigenvalue weighted by molar-refractivity contribution is 0.527. The first-order valence-corrected chi connectivity index (χ1v) is 8.83. The predicted octanol–water partition coefficient (Wildman–Crippen LogP) is 4.40. The SMILES string of the molecule is CCNC(Cc1cc(CC)nn1C)c1ccc(Br)cc1Br. The third-order valence-electron chi connectivity index (χ3n) is 3.59. The number of likely N-dealkylation sites (N-methyl/N-ethyl adjacent to an activating group) is 1. The van der Waals surface area contributed by atoms with Crippen LogP contribution in [0.2, 0.25) is 0 Å². The van der Waals surface area contributed by atoms with E-state index >= 15 is 0 Å². The first-order chi connectivity index (χ1) is 10.0. The summed E-state index contributed by atoms with van der Waals surface area (Å²) < 4.78 is 4.21. The molecule has 2 rings (SSSR count). The van der Waals surface area contributed by atoms with E-state index < -0.39 is 0 Å². The summed E-state index contributed by atoms with van der Waals surface area (Å²) in [4.78, 5) is 0. The second kappa shape index (κ2) is 7.56. The number of benzene rings is 1. The highest BCUT2D eigenvalue weighted by Crippen LogP contribution is 2.29. The molecule has 114 valence electrons. The van der Waals surface area contributed by atoms with E-state index in [1.165, 1.54) is 11.3 Å². The van der Waals surface area contributed by atoms with Crippen molar-refractivity contribution in [3.8, 4) is 0 Å². The van der Waals surface area contributed by atoms with E-state index in [2.05, 4.69) is 80.4 Å². The summed E-state index contributed by atoms with van der Waals surface area (Å²) in [6, 6.07) is 8.83. The van der Waals surface area contributed by atoms with E-state index in [0.717, 1.165) is 34.0 Å². The molecule has 1 N–H and O–H groups in total. The standard InChI is InChI=1S/C16H21Br2N3/c1-4-12-9-13(21(3)20-12)10-16(19-5-2)14-7-6-11(17)8-15(14)18/h6-9,16,19H,4-5,10H2,1-3H3. The molecular formula is C16H21Br2N3. The Balaban J connectivity index is 2.28. The molecule has 3 nitrogen and oxygen atoms in total. The van der Waals surface area contributed by atoms with Crippen LogP contribution in [0.25, 0.3) is 0 Å². The van der Waals surface area contributed by atoms with Crippen molar-refractivity contribution in [1.29, 1.82) is 0 Å². The highest BCUT2D eigenvalue weighted by molar-refractivity contribution is 9.11. The molecule has 0 radical (unpaired) electrons. The summed E-state index contributed by atoms with van der Waals surface area (Å²) in [5.74, 6) is 0. The Bertz CT molecular complexity index is 608. The van der Waals surface area contributed by atoms with Crippen molar-refractivity contribution < 1.29 is 0 Å². The van der Waals surface area contributed by atoms with E-state index in [9.17, 15) is 0 Å². The van der Waals surface area contributed by atoms with Gasteiger partial charge in [-0.3, -0.25) is 4.68 Å². The first-order valence-electron chi connectivity index (χ1n) is 7.25. The molecule has 0 bridgehead atoms. The lowest BCUT2D eigenvalue weighted by Crippen LogP contribution is -2.24. The van der Waals surface area contributed by atoms with Crippen LogP contribution in [0.4, 0.5) is 0 Å². The van der Waals surface area contributed by atoms with Gasteiger partial charge in [-0.2, -0.15) is 5.10 Å². The van der Waals surface area contributed by atoms with Crippen LogP contribution in [0, 0.1) is 0 Å². The van der Waals surface area contributed by atoms with Gasteiger partial charge in [0.25, 0.3) is 0 Å². The zero-order valence-electron chi connectivity index (χ0n) is 12.7. The van der Waals surface area contributed by atoms with Crippen molar-refractivity contribution >= 4 is 31.9 Å². The average molecular weight is 415 g/mol. The molecule has 0 saturated carbocycles. The van der Waals surface area contributed by atoms with E-state index in [1.54, 1.807) is 0 Å². The minimum atomic E-state index is 0.276. The molecule has 1 unspecified atom stereocenters. The molecule has 0 saturated heterocycles. The molecule has 1 aromatic heterocycles. The quantitative estimate of drug-likeness (QED) is 0.758. The Labute approximate surface area is 143 Å². The number of rotatable bonds is 6. The van der Waals surface area contributed by atoms with E-state index in [4.69, 9.17) is 0 Å². The van der Waals surface area contributed by atoms with Gasteiger partial charge in [0.2, 0.25) is 0 Å². The summed E-state index contributed by atoms with van der Waals surface area (Å²) >= 11 is 7.19. The minimum Gasteiger partial charge on any atom is -0.310 e. The van der Waals surface area contributed by atoms with Crippen LogP contribution in [0.1, 0.15) is 36.8 Å². The Kier molecular flexibility index (Phi) is 6.02. The Hall–Kier alpha value is -0.650. The largest absolute Gasteiger partial charge is 0.310 e. The monoisotopic (exact) mass is 413 g/mol. The molecule has 21 heavy (non-hydrogen) atoms. The molecule has 0 aliphatic rings. The van der Waals surface area contributed by atoms with Gasteiger partial charge in [0.05, 0.1) is 5.69 Å². The summed E-state index contributed by atoms with van der Waals surface area (Å²) in [5, 5.41) is 8.12. The van der Waals surface area contributed by atoms with E-state index in [-0.39, 0.29) is 6.04 Å². The third kappa shape index (κ3) is 4.18. The summed E-state index contributed by atoms with van der Waals surface area (Å²) in [6.07, 6.45) is 1.90. The predicted molar refractivity (Wildman–Crippen MR) is 94.5 cm³/mol. The van der Waals surface area contributed by atoms with Crippen molar-refractivity contribution in [1.82, 2.24) is 15.1 Å². The summed E-state index contributed by atoms with van der Waals surface area (Å²) in [7, 11) is 2.02. The van der Waals surface area contributed by atoms with Crippen molar-refractivity contribution in [2.75, 3.05) is 6.54 Å². The van der Waals surface area contributed by atoms with Gasteiger partial charge < -0.3 is 5.32 Å². The van der Waals surface area contributed by atoms with Gasteiger partial charge in [0.1, 0.15) is 0 Å². The molecule has 1 heterocycles. The molecule has 0 aliphatic carbocycles. The smallest absolute Gasteiger partial charge is 0.0624 e. The van der Waals surface area contributed by atoms with Gasteiger partial charge in [-0.15, -0.1) is 0 Å². The van der Waals surface area contributed by atoms with Gasteiger partial charge in [0, 0.05) is 34.1 Å². The topological polar surface area (TPSA) is 29.9 Å². The fraction of sp³-hybridized carbons (Fsp3) is 0.438. The number of hydrogen-bond donors (Lipinski definition) is 1. The number of nitrogens with zero attached hydrogens (tertiary/aromatic N) is 2. The fourth-order valence-electron chi connectivity index (χ4n) is 2.47. The summed E-state index contributed by atoms with van der Waals surface area (Å²) in [6.45, 7) is 5.21. The molecule has 1 atom stereocenters. The third-order valence-corrected chi connectivity index (χ3v) is 4.77. The zero-order chi connectivity index (χ0) is 15.4. The minimum absolute atomic E-state index is 0.276. The van der Waals surface area contributed by atoms with Gasteiger partial charge in [-0.1, -0.05) is 51.8 Å². The number of aryl methyl sites for hydroxylation is 2. The molecule has 0 amide bonds. The van der Waals surface area contributed by atoms with Crippen LogP contribution in [-0.4, -0.2) is 16.3 Å². The number of nitrogens with one attached hydrogen (secondary N) is 1. The molecule has 0 fully saturated rings. The maximum Gasteiger partial charge on any atom is 0.0624 e. The van der Waals surface area contributed by atoms with Gasteiger partial charge in [-0.05, 0) is 36.7 Å². The van der Waals surface area contributed by atoms with Crippen LogP contribution >= 0.6 is 31.9 Å². The van der Waals surface area contributed by atoms with Crippen LogP contribution in [-0.2, 0) is 19.9 Å². The van der Waals surface area contributed by atoms with Gasteiger partial charge >= 0.3 is 0 Å². The van der Waals surface area contributed by atoms with Crippen LogP contribution in [0.3, 0.4) is 0 Å². The maximum atomic E-state index is 4.54. The lowest BCUT2D eigenvalue weighted by atomic mass is 10.0. The highest BCUT2D eigenvalue weighted by atomic mass is 79.9. The van der Waals surface area contributed by atoms with E-state index in [0.29, 0.717) is 0 Å². The molecule has 2 aromatic rings. The first kappa shape index (κ1) is 16.7. The molecule has 5 heteroatoms. The van der Waals surface area contributed by atoms with Crippen LogP contribution in [0.15, 0.2) is 33.2 Å². The summed E-state index contributed by atoms with van der Waals surface area (Å²) in [5.41, 5.74) is 3.68. The van der Waals surface area contributed by atoms with Crippen molar-refractivity contribution in [3.63, 3.8) is 0 Å². The van der Waals surface area contributed by atoms with Crippen LogP contribution in [0.5, 0.6) is 0 Å². The Morgan fingerprint density at radius 3 is 2.57 bits per heavy atom. The molecule has 0 aliphatic heterocycles. The maximum absolute atomic E-state index is 4.54. The van der Waals surface area contributed by atoms with Crippen LogP contribution < -0.4 is 5.32 Å². The van der Waals surface area contributed by atoms with E-state index in [1.807, 2.05) is 11.7 Å². The van der Waals surface area contributed by atoms with Gasteiger partial charge in [-0.25, -0.2) is 0 Å².